The summed E-state index contributed by atoms with van der Waals surface area (Å²) < 4.78 is 5.15. The maximum atomic E-state index is 10.7. The fourth-order valence-electron chi connectivity index (χ4n) is 1.79. The summed E-state index contributed by atoms with van der Waals surface area (Å²) in [7, 11) is 0. The van der Waals surface area contributed by atoms with E-state index in [1.165, 1.54) is 6.07 Å². The molecular formula is C14H10ClNO3. The second kappa shape index (κ2) is 5.59. The van der Waals surface area contributed by atoms with Crippen LogP contribution in [-0.4, -0.2) is 11.1 Å². The Balaban J connectivity index is 2.22. The number of halogens is 1. The summed E-state index contributed by atoms with van der Waals surface area (Å²) in [6.45, 7) is 0. The number of hydrogen-bond donors (Lipinski definition) is 1. The molecule has 2 rings (SSSR count). The third kappa shape index (κ3) is 2.95. The van der Waals surface area contributed by atoms with Gasteiger partial charge in [-0.2, -0.15) is 5.26 Å². The Kier molecular flexibility index (Phi) is 3.88. The summed E-state index contributed by atoms with van der Waals surface area (Å²) >= 11 is 6.04. The van der Waals surface area contributed by atoms with Crippen molar-refractivity contribution in [3.8, 4) is 6.07 Å². The second-order valence-corrected chi connectivity index (χ2v) is 4.39. The quantitative estimate of drug-likeness (QED) is 0.927. The molecule has 1 aromatic heterocycles. The molecule has 19 heavy (non-hydrogen) atoms. The van der Waals surface area contributed by atoms with Crippen molar-refractivity contribution in [3.63, 3.8) is 0 Å². The van der Waals surface area contributed by atoms with Crippen LogP contribution in [0.3, 0.4) is 0 Å². The molecule has 0 bridgehead atoms. The fraction of sp³-hybridized carbons (Fsp3) is 0.143. The second-order valence-electron chi connectivity index (χ2n) is 3.98. The van der Waals surface area contributed by atoms with Gasteiger partial charge in [0.2, 0.25) is 5.76 Å². The molecule has 0 radical (unpaired) electrons. The van der Waals surface area contributed by atoms with E-state index < -0.39 is 11.9 Å². The summed E-state index contributed by atoms with van der Waals surface area (Å²) in [5, 5.41) is 18.5. The van der Waals surface area contributed by atoms with Crippen LogP contribution < -0.4 is 0 Å². The Morgan fingerprint density at radius 3 is 2.68 bits per heavy atom. The maximum Gasteiger partial charge on any atom is 0.371 e. The molecule has 1 aromatic carbocycles. The minimum absolute atomic E-state index is 0.133. The number of carboxylic acid groups (broad SMARTS) is 1. The van der Waals surface area contributed by atoms with Crippen LogP contribution in [0.4, 0.5) is 0 Å². The van der Waals surface area contributed by atoms with E-state index in [2.05, 4.69) is 6.07 Å². The monoisotopic (exact) mass is 275 g/mol. The number of nitrogens with zero attached hydrogens (tertiary/aromatic N) is 1. The number of furan rings is 1. The lowest BCUT2D eigenvalue weighted by Gasteiger charge is -2.09. The Bertz CT molecular complexity index is 642. The molecule has 1 atom stereocenters. The first-order chi connectivity index (χ1) is 9.11. The van der Waals surface area contributed by atoms with Crippen molar-refractivity contribution in [2.24, 2.45) is 0 Å². The molecule has 0 fully saturated rings. The SMILES string of the molecule is N#CC(Cc1ccc(C(=O)O)o1)c1ccccc1Cl. The number of hydrogen-bond acceptors (Lipinski definition) is 3. The van der Waals surface area contributed by atoms with Crippen LogP contribution in [0, 0.1) is 11.3 Å². The zero-order chi connectivity index (χ0) is 13.8. The van der Waals surface area contributed by atoms with E-state index in [4.69, 9.17) is 21.1 Å². The van der Waals surface area contributed by atoms with E-state index in [0.717, 1.165) is 0 Å². The van der Waals surface area contributed by atoms with Gasteiger partial charge in [-0.3, -0.25) is 0 Å². The summed E-state index contributed by atoms with van der Waals surface area (Å²) in [6, 6.07) is 12.2. The number of nitriles is 1. The Morgan fingerprint density at radius 2 is 2.11 bits per heavy atom. The highest BCUT2D eigenvalue weighted by Crippen LogP contribution is 2.27. The lowest BCUT2D eigenvalue weighted by atomic mass is 9.96. The lowest BCUT2D eigenvalue weighted by molar-refractivity contribution is 0.0660. The predicted molar refractivity (Wildman–Crippen MR) is 69.2 cm³/mol. The van der Waals surface area contributed by atoms with Crippen molar-refractivity contribution < 1.29 is 14.3 Å². The number of carbonyl (C=O) groups is 1. The van der Waals surface area contributed by atoms with Gasteiger partial charge in [-0.25, -0.2) is 4.79 Å². The first kappa shape index (κ1) is 13.2. The molecule has 1 unspecified atom stereocenters. The normalized spacial score (nSPS) is 11.8. The number of benzene rings is 1. The van der Waals surface area contributed by atoms with Crippen molar-refractivity contribution in [2.75, 3.05) is 0 Å². The molecule has 1 N–H and O–H groups in total. The van der Waals surface area contributed by atoms with Crippen molar-refractivity contribution in [1.29, 1.82) is 5.26 Å². The van der Waals surface area contributed by atoms with Crippen LogP contribution in [0.15, 0.2) is 40.8 Å². The molecule has 96 valence electrons. The van der Waals surface area contributed by atoms with Gasteiger partial charge < -0.3 is 9.52 Å². The lowest BCUT2D eigenvalue weighted by Crippen LogP contribution is -2.00. The third-order valence-corrected chi connectivity index (χ3v) is 3.06. The largest absolute Gasteiger partial charge is 0.475 e. The van der Waals surface area contributed by atoms with Gasteiger partial charge in [0.25, 0.3) is 0 Å². The number of carboxylic acids is 1. The van der Waals surface area contributed by atoms with Gasteiger partial charge in [-0.05, 0) is 23.8 Å². The van der Waals surface area contributed by atoms with Gasteiger partial charge in [0.05, 0.1) is 12.0 Å². The first-order valence-corrected chi connectivity index (χ1v) is 5.95. The molecule has 0 saturated carbocycles. The van der Waals surface area contributed by atoms with Crippen LogP contribution in [0.2, 0.25) is 5.02 Å². The molecule has 4 nitrogen and oxygen atoms in total. The molecule has 0 amide bonds. The van der Waals surface area contributed by atoms with Crippen LogP contribution in [-0.2, 0) is 6.42 Å². The van der Waals surface area contributed by atoms with Crippen molar-refractivity contribution in [1.82, 2.24) is 0 Å². The Hall–Kier alpha value is -2.25. The molecule has 5 heteroatoms. The summed E-state index contributed by atoms with van der Waals surface area (Å²) in [5.74, 6) is -1.28. The molecule has 2 aromatic rings. The standard InChI is InChI=1S/C14H10ClNO3/c15-12-4-2-1-3-11(12)9(8-16)7-10-5-6-13(19-10)14(17)18/h1-6,9H,7H2,(H,17,18). The molecule has 0 aliphatic rings. The summed E-state index contributed by atoms with van der Waals surface area (Å²) in [5.41, 5.74) is 0.708. The van der Waals surface area contributed by atoms with E-state index in [-0.39, 0.29) is 12.2 Å². The minimum atomic E-state index is -1.13. The highest BCUT2D eigenvalue weighted by atomic mass is 35.5. The Morgan fingerprint density at radius 1 is 1.37 bits per heavy atom. The van der Waals surface area contributed by atoms with E-state index in [0.29, 0.717) is 16.3 Å². The van der Waals surface area contributed by atoms with E-state index in [1.54, 1.807) is 30.3 Å². The number of rotatable bonds is 4. The first-order valence-electron chi connectivity index (χ1n) is 5.58. The number of aromatic carboxylic acids is 1. The average molecular weight is 276 g/mol. The van der Waals surface area contributed by atoms with Gasteiger partial charge >= 0.3 is 5.97 Å². The topological polar surface area (TPSA) is 74.2 Å². The maximum absolute atomic E-state index is 10.7. The predicted octanol–water partition coefficient (Wildman–Crippen LogP) is 3.48. The molecule has 0 aliphatic heterocycles. The van der Waals surface area contributed by atoms with Gasteiger partial charge in [-0.15, -0.1) is 0 Å². The molecule has 0 aliphatic carbocycles. The fourth-order valence-corrected chi connectivity index (χ4v) is 2.05. The highest BCUT2D eigenvalue weighted by Gasteiger charge is 2.17. The average Bonchev–Trinajstić information content (AvgIpc) is 2.86. The minimum Gasteiger partial charge on any atom is -0.475 e. The van der Waals surface area contributed by atoms with Gasteiger partial charge in [0, 0.05) is 11.4 Å². The highest BCUT2D eigenvalue weighted by molar-refractivity contribution is 6.31. The van der Waals surface area contributed by atoms with Crippen molar-refractivity contribution >= 4 is 17.6 Å². The van der Waals surface area contributed by atoms with Crippen molar-refractivity contribution in [2.45, 2.75) is 12.3 Å². The van der Waals surface area contributed by atoms with Crippen LogP contribution in [0.25, 0.3) is 0 Å². The zero-order valence-electron chi connectivity index (χ0n) is 9.84. The van der Waals surface area contributed by atoms with E-state index >= 15 is 0 Å². The Labute approximate surface area is 114 Å². The molecule has 0 saturated heterocycles. The summed E-state index contributed by atoms with van der Waals surface area (Å²) in [6.07, 6.45) is 0.285. The van der Waals surface area contributed by atoms with Crippen LogP contribution in [0.5, 0.6) is 0 Å². The smallest absolute Gasteiger partial charge is 0.371 e. The van der Waals surface area contributed by atoms with E-state index in [1.807, 2.05) is 0 Å². The van der Waals surface area contributed by atoms with E-state index in [9.17, 15) is 10.1 Å². The third-order valence-electron chi connectivity index (χ3n) is 2.71. The molecule has 0 spiro atoms. The molecule has 1 heterocycles. The van der Waals surface area contributed by atoms with Crippen molar-refractivity contribution in [3.05, 3.63) is 58.5 Å². The summed E-state index contributed by atoms with van der Waals surface area (Å²) in [4.78, 5) is 10.7. The van der Waals surface area contributed by atoms with Gasteiger partial charge in [-0.1, -0.05) is 29.8 Å². The van der Waals surface area contributed by atoms with Crippen LogP contribution in [0.1, 0.15) is 27.8 Å². The van der Waals surface area contributed by atoms with Gasteiger partial charge in [0.1, 0.15) is 5.76 Å². The van der Waals surface area contributed by atoms with Crippen LogP contribution >= 0.6 is 11.6 Å². The molecular weight excluding hydrogens is 266 g/mol. The van der Waals surface area contributed by atoms with Gasteiger partial charge in [0.15, 0.2) is 0 Å². The zero-order valence-corrected chi connectivity index (χ0v) is 10.6.